The first-order valence-corrected chi connectivity index (χ1v) is 8.57. The fourth-order valence-electron chi connectivity index (χ4n) is 3.14. The lowest BCUT2D eigenvalue weighted by Crippen LogP contribution is -2.38. The zero-order valence-electron chi connectivity index (χ0n) is 14.2. The van der Waals surface area contributed by atoms with Crippen LogP contribution < -0.4 is 5.32 Å². The van der Waals surface area contributed by atoms with E-state index in [4.69, 9.17) is 4.42 Å². The van der Waals surface area contributed by atoms with Crippen molar-refractivity contribution in [3.05, 3.63) is 42.5 Å². The van der Waals surface area contributed by atoms with Crippen LogP contribution in [0.1, 0.15) is 25.2 Å². The van der Waals surface area contributed by atoms with Crippen LogP contribution in [0.15, 0.2) is 41.1 Å². The molecule has 1 N–H and O–H groups in total. The predicted octanol–water partition coefficient (Wildman–Crippen LogP) is 4.22. The highest BCUT2D eigenvalue weighted by Gasteiger charge is 2.16. The summed E-state index contributed by atoms with van der Waals surface area (Å²) in [5.41, 5.74) is 0.951. The molecule has 1 saturated heterocycles. The van der Waals surface area contributed by atoms with Gasteiger partial charge in [0.2, 0.25) is 0 Å². The van der Waals surface area contributed by atoms with Gasteiger partial charge in [-0.3, -0.25) is 5.32 Å². The maximum atomic E-state index is 12.3. The number of urea groups is 1. The van der Waals surface area contributed by atoms with E-state index in [1.54, 1.807) is 12.4 Å². The van der Waals surface area contributed by atoms with Crippen molar-refractivity contribution in [2.75, 3.05) is 18.4 Å². The molecule has 0 bridgehead atoms. The van der Waals surface area contributed by atoms with Gasteiger partial charge in [-0.15, -0.1) is 0 Å². The number of hydrogen-bond acceptors (Lipinski definition) is 4. The number of nitrogens with zero attached hydrogens (tertiary/aromatic N) is 3. The third-order valence-corrected chi connectivity index (χ3v) is 4.51. The van der Waals surface area contributed by atoms with Crippen LogP contribution in [-0.2, 0) is 0 Å². The minimum atomic E-state index is -0.0754. The van der Waals surface area contributed by atoms with Crippen molar-refractivity contribution in [2.45, 2.75) is 26.2 Å². The average molecular weight is 336 g/mol. The van der Waals surface area contributed by atoms with E-state index in [-0.39, 0.29) is 6.03 Å². The summed E-state index contributed by atoms with van der Waals surface area (Å²) in [6, 6.07) is 7.81. The molecule has 3 aromatic rings. The Balaban J connectivity index is 1.59. The molecule has 0 aliphatic carbocycles. The van der Waals surface area contributed by atoms with Gasteiger partial charge in [0.1, 0.15) is 5.82 Å². The molecule has 0 radical (unpaired) electrons. The molecule has 1 aliphatic heterocycles. The molecule has 4 rings (SSSR count). The van der Waals surface area contributed by atoms with Crippen LogP contribution in [-0.4, -0.2) is 34.0 Å². The number of rotatable bonds is 2. The highest BCUT2D eigenvalue weighted by molar-refractivity contribution is 5.93. The Labute approximate surface area is 145 Å². The Kier molecular flexibility index (Phi) is 4.09. The number of aryl methyl sites for hydroxylation is 1. The van der Waals surface area contributed by atoms with Crippen LogP contribution in [0.4, 0.5) is 10.6 Å². The average Bonchev–Trinajstić information content (AvgIpc) is 3.08. The molecule has 1 aliphatic rings. The molecule has 128 valence electrons. The number of likely N-dealkylation sites (tertiary alicyclic amines) is 1. The lowest BCUT2D eigenvalue weighted by atomic mass is 10.1. The normalized spacial score (nSPS) is 14.7. The molecular weight excluding hydrogens is 316 g/mol. The SMILES string of the molecule is Cc1ncc(-c2ccc3cnc(NC(=O)N4CCCCC4)cc3c2)o1. The molecule has 6 heteroatoms. The molecule has 6 nitrogen and oxygen atoms in total. The predicted molar refractivity (Wildman–Crippen MR) is 96.4 cm³/mol. The van der Waals surface area contributed by atoms with E-state index in [9.17, 15) is 4.79 Å². The Morgan fingerprint density at radius 1 is 1.08 bits per heavy atom. The van der Waals surface area contributed by atoms with Gasteiger partial charge >= 0.3 is 6.03 Å². The topological polar surface area (TPSA) is 71.3 Å². The van der Waals surface area contributed by atoms with E-state index >= 15 is 0 Å². The molecule has 2 aromatic heterocycles. The second-order valence-electron chi connectivity index (χ2n) is 6.35. The number of hydrogen-bond donors (Lipinski definition) is 1. The fraction of sp³-hybridized carbons (Fsp3) is 0.316. The molecule has 2 amide bonds. The zero-order chi connectivity index (χ0) is 17.2. The number of aromatic nitrogens is 2. The summed E-state index contributed by atoms with van der Waals surface area (Å²) in [6.07, 6.45) is 6.83. The monoisotopic (exact) mass is 336 g/mol. The molecule has 1 aromatic carbocycles. The first-order valence-electron chi connectivity index (χ1n) is 8.57. The summed E-state index contributed by atoms with van der Waals surface area (Å²) in [7, 11) is 0. The number of piperidine rings is 1. The van der Waals surface area contributed by atoms with Crippen LogP contribution in [0.2, 0.25) is 0 Å². The standard InChI is InChI=1S/C19H20N4O2/c1-13-20-12-17(25-13)14-5-6-15-11-21-18(10-16(15)9-14)22-19(24)23-7-3-2-4-8-23/h5-6,9-12H,2-4,7-8H2,1H3,(H,21,22,24). The summed E-state index contributed by atoms with van der Waals surface area (Å²) in [5.74, 6) is 1.93. The van der Waals surface area contributed by atoms with Crippen LogP contribution in [0.25, 0.3) is 22.1 Å². The van der Waals surface area contributed by atoms with Gasteiger partial charge in [0, 0.05) is 37.2 Å². The summed E-state index contributed by atoms with van der Waals surface area (Å²) in [5, 5.41) is 4.91. The Morgan fingerprint density at radius 2 is 1.92 bits per heavy atom. The number of carbonyl (C=O) groups is 1. The van der Waals surface area contributed by atoms with Gasteiger partial charge in [-0.2, -0.15) is 0 Å². The molecular formula is C19H20N4O2. The van der Waals surface area contributed by atoms with Crippen molar-refractivity contribution in [3.8, 4) is 11.3 Å². The molecule has 0 atom stereocenters. The van der Waals surface area contributed by atoms with Crippen LogP contribution in [0, 0.1) is 6.92 Å². The number of carbonyl (C=O) groups excluding carboxylic acids is 1. The van der Waals surface area contributed by atoms with E-state index in [0.717, 1.165) is 48.0 Å². The van der Waals surface area contributed by atoms with Crippen molar-refractivity contribution in [1.82, 2.24) is 14.9 Å². The molecule has 0 saturated carbocycles. The smallest absolute Gasteiger partial charge is 0.323 e. The summed E-state index contributed by atoms with van der Waals surface area (Å²) < 4.78 is 5.59. The van der Waals surface area contributed by atoms with E-state index in [1.807, 2.05) is 36.1 Å². The number of amides is 2. The molecule has 0 spiro atoms. The number of anilines is 1. The third-order valence-electron chi connectivity index (χ3n) is 4.51. The molecule has 25 heavy (non-hydrogen) atoms. The molecule has 3 heterocycles. The van der Waals surface area contributed by atoms with Crippen molar-refractivity contribution in [1.29, 1.82) is 0 Å². The number of pyridine rings is 1. The number of nitrogens with one attached hydrogen (secondary N) is 1. The minimum absolute atomic E-state index is 0.0754. The third kappa shape index (κ3) is 3.33. The van der Waals surface area contributed by atoms with Crippen LogP contribution in [0.3, 0.4) is 0 Å². The quantitative estimate of drug-likeness (QED) is 0.761. The Morgan fingerprint density at radius 3 is 2.68 bits per heavy atom. The number of oxazole rings is 1. The van der Waals surface area contributed by atoms with Crippen molar-refractivity contribution < 1.29 is 9.21 Å². The second kappa shape index (κ2) is 6.55. The van der Waals surface area contributed by atoms with Gasteiger partial charge < -0.3 is 9.32 Å². The minimum Gasteiger partial charge on any atom is -0.441 e. The van der Waals surface area contributed by atoms with Crippen molar-refractivity contribution in [3.63, 3.8) is 0 Å². The highest BCUT2D eigenvalue weighted by Crippen LogP contribution is 2.26. The fourth-order valence-corrected chi connectivity index (χ4v) is 3.14. The van der Waals surface area contributed by atoms with Crippen molar-refractivity contribution in [2.24, 2.45) is 0 Å². The van der Waals surface area contributed by atoms with Gasteiger partial charge in [0.25, 0.3) is 0 Å². The summed E-state index contributed by atoms with van der Waals surface area (Å²) in [4.78, 5) is 22.7. The molecule has 0 unspecified atom stereocenters. The largest absolute Gasteiger partial charge is 0.441 e. The lowest BCUT2D eigenvalue weighted by Gasteiger charge is -2.26. The second-order valence-corrected chi connectivity index (χ2v) is 6.35. The first kappa shape index (κ1) is 15.6. The van der Waals surface area contributed by atoms with E-state index in [0.29, 0.717) is 11.7 Å². The van der Waals surface area contributed by atoms with Gasteiger partial charge in [-0.25, -0.2) is 14.8 Å². The van der Waals surface area contributed by atoms with E-state index in [2.05, 4.69) is 15.3 Å². The zero-order valence-corrected chi connectivity index (χ0v) is 14.2. The van der Waals surface area contributed by atoms with E-state index in [1.165, 1.54) is 6.42 Å². The van der Waals surface area contributed by atoms with Gasteiger partial charge in [-0.1, -0.05) is 12.1 Å². The van der Waals surface area contributed by atoms with Crippen molar-refractivity contribution >= 4 is 22.6 Å². The van der Waals surface area contributed by atoms with Gasteiger partial charge in [-0.05, 0) is 36.8 Å². The number of fused-ring (bicyclic) bond motifs is 1. The van der Waals surface area contributed by atoms with Gasteiger partial charge in [0.05, 0.1) is 6.20 Å². The van der Waals surface area contributed by atoms with Crippen LogP contribution >= 0.6 is 0 Å². The number of benzene rings is 1. The maximum Gasteiger partial charge on any atom is 0.323 e. The molecule has 1 fully saturated rings. The first-order chi connectivity index (χ1) is 12.2. The lowest BCUT2D eigenvalue weighted by molar-refractivity contribution is 0.200. The Hall–Kier alpha value is -2.89. The van der Waals surface area contributed by atoms with Crippen LogP contribution in [0.5, 0.6) is 0 Å². The Bertz CT molecular complexity index is 913. The van der Waals surface area contributed by atoms with Gasteiger partial charge in [0.15, 0.2) is 11.7 Å². The maximum absolute atomic E-state index is 12.3. The highest BCUT2D eigenvalue weighted by atomic mass is 16.4. The summed E-state index contributed by atoms with van der Waals surface area (Å²) >= 11 is 0. The van der Waals surface area contributed by atoms with E-state index < -0.39 is 0 Å². The summed E-state index contributed by atoms with van der Waals surface area (Å²) in [6.45, 7) is 3.45.